The molecule has 1 atom stereocenters. The van der Waals surface area contributed by atoms with Gasteiger partial charge >= 0.3 is 0 Å². The summed E-state index contributed by atoms with van der Waals surface area (Å²) in [6.45, 7) is 2.71. The molecule has 0 aliphatic carbocycles. The smallest absolute Gasteiger partial charge is 0.237 e. The van der Waals surface area contributed by atoms with E-state index in [4.69, 9.17) is 13.9 Å². The number of nitrogens with one attached hydrogen (secondary N) is 2. The zero-order valence-electron chi connectivity index (χ0n) is 13.6. The molecule has 1 unspecified atom stereocenters. The first kappa shape index (κ1) is 16.9. The number of hydrogen-bond donors (Lipinski definition) is 2. The van der Waals surface area contributed by atoms with Gasteiger partial charge < -0.3 is 24.5 Å². The molecule has 1 aromatic carbocycles. The van der Waals surface area contributed by atoms with Gasteiger partial charge in [-0.15, -0.1) is 0 Å². The number of rotatable bonds is 8. The summed E-state index contributed by atoms with van der Waals surface area (Å²) < 4.78 is 15.7. The van der Waals surface area contributed by atoms with Gasteiger partial charge in [0, 0.05) is 18.2 Å². The molecule has 23 heavy (non-hydrogen) atoms. The van der Waals surface area contributed by atoms with Gasteiger partial charge in [-0.25, -0.2) is 0 Å². The lowest BCUT2D eigenvalue weighted by Gasteiger charge is -2.15. The molecule has 0 spiro atoms. The van der Waals surface area contributed by atoms with Crippen molar-refractivity contribution < 1.29 is 18.7 Å². The van der Waals surface area contributed by atoms with E-state index in [1.807, 2.05) is 31.2 Å². The van der Waals surface area contributed by atoms with Gasteiger partial charge in [0.25, 0.3) is 0 Å². The Balaban J connectivity index is 1.85. The first-order valence-corrected chi connectivity index (χ1v) is 7.38. The summed E-state index contributed by atoms with van der Waals surface area (Å²) in [7, 11) is 3.22. The number of amides is 1. The average molecular weight is 318 g/mol. The molecule has 2 rings (SSSR count). The van der Waals surface area contributed by atoms with Crippen LogP contribution in [0, 0.1) is 0 Å². The Morgan fingerprint density at radius 1 is 1.22 bits per heavy atom. The maximum atomic E-state index is 12.0. The maximum Gasteiger partial charge on any atom is 0.237 e. The number of ether oxygens (including phenoxy) is 2. The van der Waals surface area contributed by atoms with E-state index >= 15 is 0 Å². The second kappa shape index (κ2) is 8.24. The standard InChI is InChI=1S/C17H22N2O4/c1-12(17(20)19-11-15-5-4-8-23-15)18-10-13-6-7-14(21-2)9-16(13)22-3/h4-9,12,18H,10-11H2,1-3H3,(H,19,20). The van der Waals surface area contributed by atoms with Crippen molar-refractivity contribution >= 4 is 5.91 Å². The van der Waals surface area contributed by atoms with Crippen molar-refractivity contribution in [3.8, 4) is 11.5 Å². The van der Waals surface area contributed by atoms with Gasteiger partial charge in [0.05, 0.1) is 33.1 Å². The van der Waals surface area contributed by atoms with Crippen molar-refractivity contribution in [2.75, 3.05) is 14.2 Å². The number of methoxy groups -OCH3 is 2. The predicted molar refractivity (Wildman–Crippen MR) is 86.4 cm³/mol. The number of carbonyl (C=O) groups is 1. The van der Waals surface area contributed by atoms with Gasteiger partial charge in [0.1, 0.15) is 17.3 Å². The summed E-state index contributed by atoms with van der Waals surface area (Å²) in [5, 5.41) is 6.00. The van der Waals surface area contributed by atoms with Crippen molar-refractivity contribution in [2.45, 2.75) is 26.1 Å². The highest BCUT2D eigenvalue weighted by Gasteiger charge is 2.13. The van der Waals surface area contributed by atoms with Crippen LogP contribution in [-0.4, -0.2) is 26.2 Å². The van der Waals surface area contributed by atoms with Crippen molar-refractivity contribution in [3.05, 3.63) is 47.9 Å². The van der Waals surface area contributed by atoms with Crippen LogP contribution < -0.4 is 20.1 Å². The van der Waals surface area contributed by atoms with Gasteiger partial charge in [-0.2, -0.15) is 0 Å². The Bertz CT molecular complexity index is 626. The van der Waals surface area contributed by atoms with Crippen LogP contribution in [0.15, 0.2) is 41.0 Å². The molecule has 0 radical (unpaired) electrons. The predicted octanol–water partition coefficient (Wildman–Crippen LogP) is 2.09. The zero-order valence-corrected chi connectivity index (χ0v) is 13.6. The fourth-order valence-electron chi connectivity index (χ4n) is 2.09. The van der Waals surface area contributed by atoms with Crippen LogP contribution in [0.1, 0.15) is 18.2 Å². The van der Waals surface area contributed by atoms with Gasteiger partial charge in [-0.05, 0) is 25.1 Å². The fourth-order valence-corrected chi connectivity index (χ4v) is 2.09. The number of hydrogen-bond acceptors (Lipinski definition) is 5. The minimum absolute atomic E-state index is 0.0890. The molecular formula is C17H22N2O4. The molecule has 0 fully saturated rings. The van der Waals surface area contributed by atoms with E-state index in [1.165, 1.54) is 0 Å². The Morgan fingerprint density at radius 3 is 2.70 bits per heavy atom. The van der Waals surface area contributed by atoms with Crippen molar-refractivity contribution in [2.24, 2.45) is 0 Å². The molecule has 1 aromatic heterocycles. The van der Waals surface area contributed by atoms with Crippen LogP contribution in [0.3, 0.4) is 0 Å². The van der Waals surface area contributed by atoms with Crippen molar-refractivity contribution in [1.82, 2.24) is 10.6 Å². The topological polar surface area (TPSA) is 72.7 Å². The van der Waals surface area contributed by atoms with Gasteiger partial charge in [-0.1, -0.05) is 6.07 Å². The largest absolute Gasteiger partial charge is 0.497 e. The Morgan fingerprint density at radius 2 is 2.04 bits per heavy atom. The fraction of sp³-hybridized carbons (Fsp3) is 0.353. The summed E-state index contributed by atoms with van der Waals surface area (Å²) in [5.74, 6) is 2.09. The second-order valence-electron chi connectivity index (χ2n) is 5.08. The highest BCUT2D eigenvalue weighted by atomic mass is 16.5. The van der Waals surface area contributed by atoms with Crippen LogP contribution in [-0.2, 0) is 17.9 Å². The third-order valence-corrected chi connectivity index (χ3v) is 3.50. The molecular weight excluding hydrogens is 296 g/mol. The van der Waals surface area contributed by atoms with E-state index in [1.54, 1.807) is 26.5 Å². The van der Waals surface area contributed by atoms with E-state index in [0.29, 0.717) is 13.1 Å². The van der Waals surface area contributed by atoms with E-state index in [9.17, 15) is 4.79 Å². The highest BCUT2D eigenvalue weighted by Crippen LogP contribution is 2.24. The summed E-state index contributed by atoms with van der Waals surface area (Å²) in [5.41, 5.74) is 0.957. The first-order chi connectivity index (χ1) is 11.1. The van der Waals surface area contributed by atoms with E-state index in [0.717, 1.165) is 22.8 Å². The number of benzene rings is 1. The van der Waals surface area contributed by atoms with Gasteiger partial charge in [0.15, 0.2) is 0 Å². The molecule has 1 heterocycles. The normalized spacial score (nSPS) is 11.8. The molecule has 0 bridgehead atoms. The van der Waals surface area contributed by atoms with E-state index in [2.05, 4.69) is 10.6 Å². The number of carbonyl (C=O) groups excluding carboxylic acids is 1. The second-order valence-corrected chi connectivity index (χ2v) is 5.08. The SMILES string of the molecule is COc1ccc(CNC(C)C(=O)NCc2ccco2)c(OC)c1. The summed E-state index contributed by atoms with van der Waals surface area (Å²) in [6, 6.07) is 8.87. The van der Waals surface area contributed by atoms with Gasteiger partial charge in [-0.3, -0.25) is 4.79 Å². The van der Waals surface area contributed by atoms with Gasteiger partial charge in [0.2, 0.25) is 5.91 Å². The first-order valence-electron chi connectivity index (χ1n) is 7.38. The molecule has 0 aliphatic heterocycles. The summed E-state index contributed by atoms with van der Waals surface area (Å²) in [4.78, 5) is 12.0. The molecule has 2 N–H and O–H groups in total. The molecule has 0 aliphatic rings. The number of furan rings is 1. The molecule has 124 valence electrons. The zero-order chi connectivity index (χ0) is 16.7. The lowest BCUT2D eigenvalue weighted by atomic mass is 10.1. The van der Waals surface area contributed by atoms with E-state index < -0.39 is 0 Å². The molecule has 2 aromatic rings. The van der Waals surface area contributed by atoms with E-state index in [-0.39, 0.29) is 11.9 Å². The monoisotopic (exact) mass is 318 g/mol. The minimum Gasteiger partial charge on any atom is -0.497 e. The van der Waals surface area contributed by atoms with Crippen LogP contribution in [0.25, 0.3) is 0 Å². The molecule has 6 nitrogen and oxygen atoms in total. The van der Waals surface area contributed by atoms with Crippen LogP contribution in [0.5, 0.6) is 11.5 Å². The molecule has 0 saturated carbocycles. The van der Waals surface area contributed by atoms with Crippen LogP contribution in [0.2, 0.25) is 0 Å². The third kappa shape index (κ3) is 4.75. The molecule has 0 saturated heterocycles. The minimum atomic E-state index is -0.336. The van der Waals surface area contributed by atoms with Crippen LogP contribution >= 0.6 is 0 Å². The average Bonchev–Trinajstić information content (AvgIpc) is 3.10. The highest BCUT2D eigenvalue weighted by molar-refractivity contribution is 5.81. The third-order valence-electron chi connectivity index (χ3n) is 3.50. The Kier molecular flexibility index (Phi) is 6.05. The Hall–Kier alpha value is -2.47. The van der Waals surface area contributed by atoms with Crippen molar-refractivity contribution in [1.29, 1.82) is 0 Å². The Labute approximate surface area is 135 Å². The summed E-state index contributed by atoms with van der Waals surface area (Å²) in [6.07, 6.45) is 1.58. The summed E-state index contributed by atoms with van der Waals surface area (Å²) >= 11 is 0. The molecule has 1 amide bonds. The molecule has 6 heteroatoms. The lowest BCUT2D eigenvalue weighted by molar-refractivity contribution is -0.123. The quantitative estimate of drug-likeness (QED) is 0.780. The van der Waals surface area contributed by atoms with Crippen LogP contribution in [0.4, 0.5) is 0 Å². The van der Waals surface area contributed by atoms with Crippen molar-refractivity contribution in [3.63, 3.8) is 0 Å². The lowest BCUT2D eigenvalue weighted by Crippen LogP contribution is -2.41. The maximum absolute atomic E-state index is 12.0.